The molecular formula is C10H11ClF2O. The third-order valence-corrected chi connectivity index (χ3v) is 2.50. The Hall–Kier alpha value is -0.670. The highest BCUT2D eigenvalue weighted by atomic mass is 35.5. The zero-order valence-electron chi connectivity index (χ0n) is 7.94. The summed E-state index contributed by atoms with van der Waals surface area (Å²) in [5.74, 6) is -1.49. The van der Waals surface area contributed by atoms with Gasteiger partial charge in [0.1, 0.15) is 11.6 Å². The van der Waals surface area contributed by atoms with E-state index < -0.39 is 17.0 Å². The van der Waals surface area contributed by atoms with E-state index in [9.17, 15) is 8.78 Å². The van der Waals surface area contributed by atoms with Crippen LogP contribution in [0, 0.1) is 11.6 Å². The molecule has 0 saturated carbocycles. The number of hydrogen-bond acceptors (Lipinski definition) is 1. The zero-order valence-corrected chi connectivity index (χ0v) is 8.70. The Morgan fingerprint density at radius 3 is 2.43 bits per heavy atom. The summed E-state index contributed by atoms with van der Waals surface area (Å²) in [6.45, 7) is 3.09. The van der Waals surface area contributed by atoms with Crippen molar-refractivity contribution in [3.63, 3.8) is 0 Å². The van der Waals surface area contributed by atoms with Gasteiger partial charge in [-0.1, -0.05) is 25.4 Å². The molecule has 0 aliphatic heterocycles. The topological polar surface area (TPSA) is 20.2 Å². The molecule has 0 unspecified atom stereocenters. The van der Waals surface area contributed by atoms with E-state index >= 15 is 0 Å². The molecule has 0 spiro atoms. The first-order chi connectivity index (χ1) is 6.38. The van der Waals surface area contributed by atoms with E-state index in [0.29, 0.717) is 0 Å². The molecular weight excluding hydrogens is 210 g/mol. The Kier molecular flexibility index (Phi) is 3.12. The zero-order chi connectivity index (χ0) is 10.9. The van der Waals surface area contributed by atoms with E-state index in [1.165, 1.54) is 0 Å². The molecule has 0 saturated heterocycles. The van der Waals surface area contributed by atoms with Crippen LogP contribution in [0.5, 0.6) is 0 Å². The highest BCUT2D eigenvalue weighted by Crippen LogP contribution is 2.31. The van der Waals surface area contributed by atoms with Gasteiger partial charge in [-0.25, -0.2) is 8.78 Å². The molecule has 0 radical (unpaired) electrons. The molecule has 1 aromatic rings. The Morgan fingerprint density at radius 1 is 1.36 bits per heavy atom. The lowest BCUT2D eigenvalue weighted by Crippen LogP contribution is -2.23. The van der Waals surface area contributed by atoms with Gasteiger partial charge < -0.3 is 5.11 Å². The fraction of sp³-hybridized carbons (Fsp3) is 0.400. The van der Waals surface area contributed by atoms with E-state index in [1.54, 1.807) is 13.8 Å². The Morgan fingerprint density at radius 2 is 1.93 bits per heavy atom. The molecule has 14 heavy (non-hydrogen) atoms. The Balaban J connectivity index is 3.34. The van der Waals surface area contributed by atoms with Crippen molar-refractivity contribution in [1.82, 2.24) is 0 Å². The minimum Gasteiger partial charge on any atom is -0.395 e. The van der Waals surface area contributed by atoms with E-state index in [-0.39, 0.29) is 17.2 Å². The van der Waals surface area contributed by atoms with Gasteiger partial charge >= 0.3 is 0 Å². The van der Waals surface area contributed by atoms with Gasteiger partial charge in [0.2, 0.25) is 0 Å². The minimum absolute atomic E-state index is 0.134. The van der Waals surface area contributed by atoms with Gasteiger partial charge in [0.05, 0.1) is 11.6 Å². The van der Waals surface area contributed by atoms with Gasteiger partial charge in [0.15, 0.2) is 0 Å². The number of halogens is 3. The molecule has 4 heteroatoms. The van der Waals surface area contributed by atoms with Crippen molar-refractivity contribution in [3.05, 3.63) is 34.4 Å². The summed E-state index contributed by atoms with van der Waals surface area (Å²) < 4.78 is 25.9. The Labute approximate surface area is 86.3 Å². The molecule has 0 aliphatic rings. The van der Waals surface area contributed by atoms with E-state index in [2.05, 4.69) is 0 Å². The van der Waals surface area contributed by atoms with Crippen molar-refractivity contribution in [1.29, 1.82) is 0 Å². The molecule has 0 bridgehead atoms. The smallest absolute Gasteiger partial charge is 0.145 e. The number of rotatable bonds is 2. The predicted molar refractivity (Wildman–Crippen MR) is 51.5 cm³/mol. The first-order valence-electron chi connectivity index (χ1n) is 4.14. The van der Waals surface area contributed by atoms with Crippen molar-refractivity contribution in [3.8, 4) is 0 Å². The molecule has 1 rings (SSSR count). The molecule has 0 heterocycles. The lowest BCUT2D eigenvalue weighted by molar-refractivity contribution is 0.218. The quantitative estimate of drug-likeness (QED) is 0.760. The molecule has 78 valence electrons. The summed E-state index contributed by atoms with van der Waals surface area (Å²) in [5.41, 5.74) is -0.473. The van der Waals surface area contributed by atoms with Crippen LogP contribution in [0.3, 0.4) is 0 Å². The summed E-state index contributed by atoms with van der Waals surface area (Å²) in [6, 6.07) is 1.86. The van der Waals surface area contributed by atoms with Gasteiger partial charge in [-0.05, 0) is 11.6 Å². The molecule has 0 atom stereocenters. The number of benzene rings is 1. The van der Waals surface area contributed by atoms with Gasteiger partial charge in [0, 0.05) is 11.5 Å². The third kappa shape index (κ3) is 2.04. The van der Waals surface area contributed by atoms with Crippen LogP contribution in [0.2, 0.25) is 5.02 Å². The second-order valence-corrected chi connectivity index (χ2v) is 4.17. The first-order valence-corrected chi connectivity index (χ1v) is 4.52. The molecule has 1 nitrogen and oxygen atoms in total. The summed E-state index contributed by atoms with van der Waals surface area (Å²) in [5, 5.41) is 8.92. The molecule has 0 aliphatic carbocycles. The first kappa shape index (κ1) is 11.4. The van der Waals surface area contributed by atoms with Crippen molar-refractivity contribution >= 4 is 11.6 Å². The van der Waals surface area contributed by atoms with Crippen LogP contribution < -0.4 is 0 Å². The monoisotopic (exact) mass is 220 g/mol. The van der Waals surface area contributed by atoms with Gasteiger partial charge in [0.25, 0.3) is 0 Å². The van der Waals surface area contributed by atoms with E-state index in [4.69, 9.17) is 16.7 Å². The van der Waals surface area contributed by atoms with Crippen molar-refractivity contribution < 1.29 is 13.9 Å². The molecule has 0 amide bonds. The van der Waals surface area contributed by atoms with Crippen LogP contribution in [0.1, 0.15) is 19.4 Å². The van der Waals surface area contributed by atoms with Crippen LogP contribution in [-0.4, -0.2) is 11.7 Å². The fourth-order valence-electron chi connectivity index (χ4n) is 1.13. The maximum absolute atomic E-state index is 13.1. The summed E-state index contributed by atoms with van der Waals surface area (Å²) in [7, 11) is 0. The predicted octanol–water partition coefficient (Wildman–Crippen LogP) is 2.89. The summed E-state index contributed by atoms with van der Waals surface area (Å²) >= 11 is 5.68. The van der Waals surface area contributed by atoms with Crippen LogP contribution in [0.25, 0.3) is 0 Å². The SMILES string of the molecule is CC(C)(CO)c1cc(F)cc(F)c1Cl. The standard InChI is InChI=1S/C10H11ClF2O/c1-10(2,5-14)7-3-6(12)4-8(13)9(7)11/h3-4,14H,5H2,1-2H3. The number of aliphatic hydroxyl groups excluding tert-OH is 1. The minimum atomic E-state index is -0.803. The lowest BCUT2D eigenvalue weighted by Gasteiger charge is -2.23. The average Bonchev–Trinajstić information content (AvgIpc) is 2.11. The largest absolute Gasteiger partial charge is 0.395 e. The second-order valence-electron chi connectivity index (χ2n) is 3.79. The highest BCUT2D eigenvalue weighted by Gasteiger charge is 2.24. The number of hydrogen-bond donors (Lipinski definition) is 1. The highest BCUT2D eigenvalue weighted by molar-refractivity contribution is 6.31. The summed E-state index contributed by atoms with van der Waals surface area (Å²) in [4.78, 5) is 0. The maximum Gasteiger partial charge on any atom is 0.145 e. The van der Waals surface area contributed by atoms with Crippen LogP contribution in [0.15, 0.2) is 12.1 Å². The van der Waals surface area contributed by atoms with E-state index in [0.717, 1.165) is 12.1 Å². The molecule has 1 N–H and O–H groups in total. The van der Waals surface area contributed by atoms with Crippen molar-refractivity contribution in [2.45, 2.75) is 19.3 Å². The fourth-order valence-corrected chi connectivity index (χ4v) is 1.50. The molecule has 0 fully saturated rings. The lowest BCUT2D eigenvalue weighted by atomic mass is 9.85. The van der Waals surface area contributed by atoms with Crippen LogP contribution in [0.4, 0.5) is 8.78 Å². The normalized spacial score (nSPS) is 11.9. The van der Waals surface area contributed by atoms with Crippen LogP contribution >= 0.6 is 11.6 Å². The van der Waals surface area contributed by atoms with Crippen molar-refractivity contribution in [2.75, 3.05) is 6.61 Å². The second kappa shape index (κ2) is 3.83. The van der Waals surface area contributed by atoms with Crippen LogP contribution in [-0.2, 0) is 5.41 Å². The van der Waals surface area contributed by atoms with Gasteiger partial charge in [-0.15, -0.1) is 0 Å². The summed E-state index contributed by atoms with van der Waals surface area (Å²) in [6.07, 6.45) is 0. The number of aliphatic hydroxyl groups is 1. The van der Waals surface area contributed by atoms with Gasteiger partial charge in [-0.3, -0.25) is 0 Å². The average molecular weight is 221 g/mol. The Bertz CT molecular complexity index is 350. The van der Waals surface area contributed by atoms with E-state index in [1.807, 2.05) is 0 Å². The molecule has 1 aromatic carbocycles. The third-order valence-electron chi connectivity index (χ3n) is 2.12. The van der Waals surface area contributed by atoms with Gasteiger partial charge in [-0.2, -0.15) is 0 Å². The van der Waals surface area contributed by atoms with Crippen molar-refractivity contribution in [2.24, 2.45) is 0 Å². The molecule has 0 aromatic heterocycles. The maximum atomic E-state index is 13.1.